The first-order chi connectivity index (χ1) is 15.1. The summed E-state index contributed by atoms with van der Waals surface area (Å²) in [6, 6.07) is 8.88. The third kappa shape index (κ3) is 5.11. The molecule has 1 unspecified atom stereocenters. The number of aliphatic hydroxyl groups excluding tert-OH is 1. The molecule has 0 radical (unpaired) electrons. The molecule has 1 heterocycles. The fraction of sp³-hybridized carbons (Fsp3) is 0.150. The van der Waals surface area contributed by atoms with Crippen LogP contribution < -0.4 is 10.9 Å². The van der Waals surface area contributed by atoms with Crippen molar-refractivity contribution in [1.82, 2.24) is 15.1 Å². The molecule has 2 N–H and O–H groups in total. The van der Waals surface area contributed by atoms with Crippen molar-refractivity contribution in [2.75, 3.05) is 0 Å². The van der Waals surface area contributed by atoms with Gasteiger partial charge in [-0.15, -0.1) is 0 Å². The van der Waals surface area contributed by atoms with Gasteiger partial charge in [-0.3, -0.25) is 9.59 Å². The molecule has 1 aromatic heterocycles. The molecule has 2 aromatic carbocycles. The molecule has 3 rings (SSSR count). The number of alkyl halides is 3. The lowest BCUT2D eigenvalue weighted by molar-refractivity contribution is -0.0551. The van der Waals surface area contributed by atoms with Gasteiger partial charge in [0.05, 0.1) is 11.4 Å². The summed E-state index contributed by atoms with van der Waals surface area (Å²) in [6.45, 7) is 0. The Morgan fingerprint density at radius 1 is 1.03 bits per heavy atom. The van der Waals surface area contributed by atoms with Crippen molar-refractivity contribution in [3.63, 3.8) is 0 Å². The summed E-state index contributed by atoms with van der Waals surface area (Å²) in [5.74, 6) is -3.54. The number of hydrogen-bond acceptors (Lipinski definition) is 4. The third-order valence-electron chi connectivity index (χ3n) is 4.22. The first-order valence-corrected chi connectivity index (χ1v) is 9.22. The molecule has 6 nitrogen and oxygen atoms in total. The highest BCUT2D eigenvalue weighted by molar-refractivity contribution is 6.30. The van der Waals surface area contributed by atoms with Crippen molar-refractivity contribution in [3.8, 4) is 16.9 Å². The fourth-order valence-corrected chi connectivity index (χ4v) is 2.80. The molecular weight excluding hydrogens is 461 g/mol. The van der Waals surface area contributed by atoms with Crippen molar-refractivity contribution in [2.45, 2.75) is 18.8 Å². The number of carbonyl (C=O) groups excluding carboxylic acids is 1. The Hall–Kier alpha value is -3.31. The number of aromatic nitrogens is 2. The molecule has 0 aliphatic heterocycles. The molecule has 32 heavy (non-hydrogen) atoms. The van der Waals surface area contributed by atoms with Crippen LogP contribution in [0.2, 0.25) is 5.02 Å². The number of hydrogen-bond donors (Lipinski definition) is 2. The van der Waals surface area contributed by atoms with Crippen LogP contribution in [0, 0.1) is 11.6 Å². The number of amides is 1. The number of carbonyl (C=O) groups is 1. The maximum Gasteiger partial charge on any atom is 0.284 e. The lowest BCUT2D eigenvalue weighted by Gasteiger charge is -2.17. The second-order valence-electron chi connectivity index (χ2n) is 6.50. The van der Waals surface area contributed by atoms with Gasteiger partial charge < -0.3 is 10.4 Å². The molecule has 12 heteroatoms. The number of rotatable bonds is 6. The zero-order valence-corrected chi connectivity index (χ0v) is 16.5. The van der Waals surface area contributed by atoms with E-state index in [-0.39, 0.29) is 11.4 Å². The third-order valence-corrected chi connectivity index (χ3v) is 4.47. The van der Waals surface area contributed by atoms with Crippen LogP contribution in [0.1, 0.15) is 10.4 Å². The molecule has 2 atom stereocenters. The van der Waals surface area contributed by atoms with E-state index < -0.39 is 47.5 Å². The molecule has 168 valence electrons. The topological polar surface area (TPSA) is 84.2 Å². The molecule has 0 spiro atoms. The molecule has 0 saturated heterocycles. The first kappa shape index (κ1) is 23.4. The minimum absolute atomic E-state index is 0.0547. The van der Waals surface area contributed by atoms with Crippen LogP contribution in [0.15, 0.2) is 53.3 Å². The smallest absolute Gasteiger partial charge is 0.284 e. The average molecular weight is 474 g/mol. The maximum atomic E-state index is 13.8. The van der Waals surface area contributed by atoms with E-state index in [0.29, 0.717) is 21.3 Å². The molecular formula is C20H13ClF5N3O3. The summed E-state index contributed by atoms with van der Waals surface area (Å²) in [5, 5.41) is 14.9. The van der Waals surface area contributed by atoms with Gasteiger partial charge in [-0.05, 0) is 30.3 Å². The van der Waals surface area contributed by atoms with Crippen molar-refractivity contribution in [3.05, 3.63) is 81.1 Å². The predicted octanol–water partition coefficient (Wildman–Crippen LogP) is 3.48. The monoisotopic (exact) mass is 473 g/mol. The summed E-state index contributed by atoms with van der Waals surface area (Å²) in [6.07, 6.45) is -9.23. The minimum Gasteiger partial charge on any atom is -0.382 e. The van der Waals surface area contributed by atoms with E-state index in [2.05, 4.69) is 5.10 Å². The molecule has 1 amide bonds. The summed E-state index contributed by atoms with van der Waals surface area (Å²) >= 11 is 5.83. The SMILES string of the molecule is O=C(NC(F)[C@@H](O)C(F)F)c1cc(-c2ccc(Cl)cc2)nn(-c2cc(F)cc(F)c2)c1=O. The van der Waals surface area contributed by atoms with Crippen LogP contribution in [-0.4, -0.2) is 39.6 Å². The van der Waals surface area contributed by atoms with Crippen molar-refractivity contribution < 1.29 is 31.9 Å². The number of aliphatic hydroxyl groups is 1. The van der Waals surface area contributed by atoms with E-state index in [1.807, 2.05) is 0 Å². The van der Waals surface area contributed by atoms with Gasteiger partial charge in [0.25, 0.3) is 17.9 Å². The molecule has 0 bridgehead atoms. The Morgan fingerprint density at radius 3 is 2.19 bits per heavy atom. The van der Waals surface area contributed by atoms with E-state index in [4.69, 9.17) is 16.7 Å². The number of benzene rings is 2. The summed E-state index contributed by atoms with van der Waals surface area (Å²) in [7, 11) is 0. The van der Waals surface area contributed by atoms with Gasteiger partial charge in [0.1, 0.15) is 17.2 Å². The molecule has 0 fully saturated rings. The Kier molecular flexibility index (Phi) is 6.90. The van der Waals surface area contributed by atoms with Gasteiger partial charge in [0.2, 0.25) is 6.30 Å². The maximum absolute atomic E-state index is 13.8. The first-order valence-electron chi connectivity index (χ1n) is 8.84. The highest BCUT2D eigenvalue weighted by atomic mass is 35.5. The quantitative estimate of drug-likeness (QED) is 0.424. The minimum atomic E-state index is -3.50. The van der Waals surface area contributed by atoms with Crippen LogP contribution in [0.3, 0.4) is 0 Å². The van der Waals surface area contributed by atoms with E-state index in [1.54, 1.807) is 0 Å². The zero-order chi connectivity index (χ0) is 23.6. The Balaban J connectivity index is 2.15. The van der Waals surface area contributed by atoms with Gasteiger partial charge in [0, 0.05) is 16.7 Å². The normalized spacial score (nSPS) is 13.1. The zero-order valence-electron chi connectivity index (χ0n) is 15.8. The number of halogens is 6. The Morgan fingerprint density at radius 2 is 1.62 bits per heavy atom. The standard InChI is InChI=1S/C20H13ClF5N3O3/c21-10-3-1-9(2-4-10)15-8-14(19(31)27-18(26)16(30)17(24)25)20(32)29(28-15)13-6-11(22)5-12(23)7-13/h1-8,16-18,30H,(H,27,31)/t16-,18?/m0/s1. The van der Waals surface area contributed by atoms with Crippen LogP contribution in [0.4, 0.5) is 22.0 Å². The van der Waals surface area contributed by atoms with E-state index in [0.717, 1.165) is 18.2 Å². The van der Waals surface area contributed by atoms with Gasteiger partial charge in [0.15, 0.2) is 6.10 Å². The van der Waals surface area contributed by atoms with Crippen molar-refractivity contribution in [1.29, 1.82) is 0 Å². The largest absolute Gasteiger partial charge is 0.382 e. The summed E-state index contributed by atoms with van der Waals surface area (Å²) in [5.41, 5.74) is -2.12. The fourth-order valence-electron chi connectivity index (χ4n) is 2.67. The molecule has 0 aliphatic rings. The van der Waals surface area contributed by atoms with Gasteiger partial charge in [-0.2, -0.15) is 9.78 Å². The van der Waals surface area contributed by atoms with Crippen LogP contribution in [0.25, 0.3) is 16.9 Å². The molecule has 0 aliphatic carbocycles. The number of nitrogens with one attached hydrogen (secondary N) is 1. The van der Waals surface area contributed by atoms with E-state index in [9.17, 15) is 31.5 Å². The van der Waals surface area contributed by atoms with E-state index >= 15 is 0 Å². The summed E-state index contributed by atoms with van der Waals surface area (Å²) < 4.78 is 66.7. The van der Waals surface area contributed by atoms with Crippen LogP contribution in [-0.2, 0) is 0 Å². The Labute approximate surface area is 181 Å². The van der Waals surface area contributed by atoms with Gasteiger partial charge >= 0.3 is 0 Å². The second kappa shape index (κ2) is 9.45. The number of nitrogens with zero attached hydrogens (tertiary/aromatic N) is 2. The van der Waals surface area contributed by atoms with E-state index in [1.165, 1.54) is 29.6 Å². The Bertz CT molecular complexity index is 1180. The van der Waals surface area contributed by atoms with Crippen LogP contribution in [0.5, 0.6) is 0 Å². The molecule has 3 aromatic rings. The van der Waals surface area contributed by atoms with Crippen LogP contribution >= 0.6 is 11.6 Å². The lowest BCUT2D eigenvalue weighted by Crippen LogP contribution is -2.45. The lowest BCUT2D eigenvalue weighted by atomic mass is 10.1. The average Bonchev–Trinajstić information content (AvgIpc) is 2.73. The highest BCUT2D eigenvalue weighted by Gasteiger charge is 2.30. The molecule has 0 saturated carbocycles. The van der Waals surface area contributed by atoms with Gasteiger partial charge in [-0.1, -0.05) is 23.7 Å². The van der Waals surface area contributed by atoms with Crippen molar-refractivity contribution >= 4 is 17.5 Å². The summed E-state index contributed by atoms with van der Waals surface area (Å²) in [4.78, 5) is 25.2. The second-order valence-corrected chi connectivity index (χ2v) is 6.93. The highest BCUT2D eigenvalue weighted by Crippen LogP contribution is 2.21. The van der Waals surface area contributed by atoms with Gasteiger partial charge in [-0.25, -0.2) is 22.0 Å². The predicted molar refractivity (Wildman–Crippen MR) is 105 cm³/mol. The van der Waals surface area contributed by atoms with Crippen molar-refractivity contribution in [2.24, 2.45) is 0 Å².